The van der Waals surface area contributed by atoms with E-state index >= 15 is 0 Å². The number of imidazole rings is 1. The van der Waals surface area contributed by atoms with Crippen LogP contribution in [0, 0.1) is 0 Å². The van der Waals surface area contributed by atoms with Crippen molar-refractivity contribution < 1.29 is 9.53 Å². The fraction of sp³-hybridized carbons (Fsp3) is 0.222. The molecule has 118 valence electrons. The SMILES string of the molecule is COC(=O)c1ccc(CNCc2nccn2C)c2ccccc12. The van der Waals surface area contributed by atoms with Gasteiger partial charge in [0, 0.05) is 26.0 Å². The van der Waals surface area contributed by atoms with Crippen molar-refractivity contribution in [2.24, 2.45) is 7.05 Å². The molecule has 2 aromatic carbocycles. The topological polar surface area (TPSA) is 56.1 Å². The molecule has 0 bridgehead atoms. The summed E-state index contributed by atoms with van der Waals surface area (Å²) in [7, 11) is 3.38. The highest BCUT2D eigenvalue weighted by atomic mass is 16.5. The van der Waals surface area contributed by atoms with Crippen molar-refractivity contribution in [2.75, 3.05) is 7.11 Å². The van der Waals surface area contributed by atoms with Gasteiger partial charge in [-0.1, -0.05) is 30.3 Å². The molecule has 3 rings (SSSR count). The van der Waals surface area contributed by atoms with E-state index in [4.69, 9.17) is 4.74 Å². The summed E-state index contributed by atoms with van der Waals surface area (Å²) < 4.78 is 6.85. The summed E-state index contributed by atoms with van der Waals surface area (Å²) in [6, 6.07) is 11.7. The molecule has 5 heteroatoms. The average molecular weight is 309 g/mol. The van der Waals surface area contributed by atoms with E-state index in [0.717, 1.165) is 22.2 Å². The third-order valence-electron chi connectivity index (χ3n) is 3.94. The van der Waals surface area contributed by atoms with Crippen LogP contribution < -0.4 is 5.32 Å². The van der Waals surface area contributed by atoms with E-state index in [1.165, 1.54) is 7.11 Å². The van der Waals surface area contributed by atoms with Gasteiger partial charge in [-0.2, -0.15) is 0 Å². The van der Waals surface area contributed by atoms with Gasteiger partial charge in [0.05, 0.1) is 19.2 Å². The zero-order chi connectivity index (χ0) is 16.2. The van der Waals surface area contributed by atoms with Crippen molar-refractivity contribution in [3.8, 4) is 0 Å². The van der Waals surface area contributed by atoms with Crippen LogP contribution in [0.1, 0.15) is 21.7 Å². The molecule has 0 aliphatic carbocycles. The van der Waals surface area contributed by atoms with Crippen LogP contribution in [-0.2, 0) is 24.9 Å². The summed E-state index contributed by atoms with van der Waals surface area (Å²) in [5, 5.41) is 5.37. The van der Waals surface area contributed by atoms with Crippen LogP contribution in [0.5, 0.6) is 0 Å². The summed E-state index contributed by atoms with van der Waals surface area (Å²) in [6.07, 6.45) is 3.72. The van der Waals surface area contributed by atoms with E-state index in [9.17, 15) is 4.79 Å². The minimum absolute atomic E-state index is 0.311. The summed E-state index contributed by atoms with van der Waals surface area (Å²) in [5.74, 6) is 0.675. The zero-order valence-electron chi connectivity index (χ0n) is 13.2. The molecule has 0 aliphatic rings. The van der Waals surface area contributed by atoms with Gasteiger partial charge in [0.15, 0.2) is 0 Å². The monoisotopic (exact) mass is 309 g/mol. The third-order valence-corrected chi connectivity index (χ3v) is 3.94. The molecule has 1 heterocycles. The lowest BCUT2D eigenvalue weighted by atomic mass is 9.99. The summed E-state index contributed by atoms with van der Waals surface area (Å²) in [4.78, 5) is 16.2. The van der Waals surface area contributed by atoms with Gasteiger partial charge in [-0.05, 0) is 22.4 Å². The van der Waals surface area contributed by atoms with E-state index in [0.29, 0.717) is 18.7 Å². The average Bonchev–Trinajstić information content (AvgIpc) is 2.99. The van der Waals surface area contributed by atoms with Crippen LogP contribution in [-0.4, -0.2) is 22.6 Å². The number of rotatable bonds is 5. The summed E-state index contributed by atoms with van der Waals surface area (Å²) in [6.45, 7) is 1.39. The Morgan fingerprint density at radius 2 is 1.96 bits per heavy atom. The first-order chi connectivity index (χ1) is 11.2. The second-order valence-electron chi connectivity index (χ2n) is 5.37. The number of aryl methyl sites for hydroxylation is 1. The number of nitrogens with zero attached hydrogens (tertiary/aromatic N) is 2. The van der Waals surface area contributed by atoms with Gasteiger partial charge in [0.1, 0.15) is 5.82 Å². The molecule has 0 fully saturated rings. The van der Waals surface area contributed by atoms with Crippen molar-refractivity contribution in [2.45, 2.75) is 13.1 Å². The predicted octanol–water partition coefficient (Wildman–Crippen LogP) is 2.65. The van der Waals surface area contributed by atoms with E-state index in [1.54, 1.807) is 6.20 Å². The fourth-order valence-electron chi connectivity index (χ4n) is 2.68. The minimum Gasteiger partial charge on any atom is -0.465 e. The molecule has 0 spiro atoms. The molecule has 0 aliphatic heterocycles. The van der Waals surface area contributed by atoms with Crippen LogP contribution in [0.4, 0.5) is 0 Å². The standard InChI is InChI=1S/C18H19N3O2/c1-21-10-9-20-17(21)12-19-11-13-7-8-16(18(22)23-2)15-6-4-3-5-14(13)15/h3-10,19H,11-12H2,1-2H3. The Labute approximate surface area is 134 Å². The maximum absolute atomic E-state index is 11.9. The third kappa shape index (κ3) is 3.10. The number of carbonyl (C=O) groups excluding carboxylic acids is 1. The summed E-state index contributed by atoms with van der Waals surface area (Å²) >= 11 is 0. The molecule has 5 nitrogen and oxygen atoms in total. The minimum atomic E-state index is -0.311. The Hall–Kier alpha value is -2.66. The highest BCUT2D eigenvalue weighted by Crippen LogP contribution is 2.23. The van der Waals surface area contributed by atoms with Crippen LogP contribution in [0.15, 0.2) is 48.8 Å². The first-order valence-corrected chi connectivity index (χ1v) is 7.46. The molecular weight excluding hydrogens is 290 g/mol. The van der Waals surface area contributed by atoms with E-state index in [-0.39, 0.29) is 5.97 Å². The van der Waals surface area contributed by atoms with Crippen LogP contribution in [0.3, 0.4) is 0 Å². The highest BCUT2D eigenvalue weighted by Gasteiger charge is 2.12. The number of ether oxygens (including phenoxy) is 1. The van der Waals surface area contributed by atoms with Crippen molar-refractivity contribution >= 4 is 16.7 Å². The quantitative estimate of drug-likeness (QED) is 0.736. The molecule has 3 aromatic rings. The smallest absolute Gasteiger partial charge is 0.338 e. The second kappa shape index (κ2) is 6.62. The highest BCUT2D eigenvalue weighted by molar-refractivity contribution is 6.05. The number of hydrogen-bond acceptors (Lipinski definition) is 4. The van der Waals surface area contributed by atoms with Crippen molar-refractivity contribution in [1.29, 1.82) is 0 Å². The largest absolute Gasteiger partial charge is 0.465 e. The van der Waals surface area contributed by atoms with E-state index < -0.39 is 0 Å². The molecule has 0 saturated carbocycles. The van der Waals surface area contributed by atoms with Gasteiger partial charge in [-0.25, -0.2) is 9.78 Å². The normalized spacial score (nSPS) is 10.9. The van der Waals surface area contributed by atoms with Gasteiger partial charge < -0.3 is 14.6 Å². The lowest BCUT2D eigenvalue weighted by Gasteiger charge is -2.11. The number of esters is 1. The van der Waals surface area contributed by atoms with Crippen LogP contribution in [0.25, 0.3) is 10.8 Å². The molecular formula is C18H19N3O2. The van der Waals surface area contributed by atoms with Gasteiger partial charge in [0.25, 0.3) is 0 Å². The molecule has 0 radical (unpaired) electrons. The number of methoxy groups -OCH3 is 1. The Morgan fingerprint density at radius 1 is 1.17 bits per heavy atom. The number of carbonyl (C=O) groups is 1. The maximum Gasteiger partial charge on any atom is 0.338 e. The molecule has 1 N–H and O–H groups in total. The van der Waals surface area contributed by atoms with Crippen molar-refractivity contribution in [3.63, 3.8) is 0 Å². The Kier molecular flexibility index (Phi) is 4.39. The lowest BCUT2D eigenvalue weighted by molar-refractivity contribution is 0.0603. The zero-order valence-corrected chi connectivity index (χ0v) is 13.2. The number of aromatic nitrogens is 2. The van der Waals surface area contributed by atoms with Gasteiger partial charge in [0.2, 0.25) is 0 Å². The Bertz CT molecular complexity index is 839. The van der Waals surface area contributed by atoms with Crippen LogP contribution in [0.2, 0.25) is 0 Å². The van der Waals surface area contributed by atoms with E-state index in [1.807, 2.05) is 54.2 Å². The van der Waals surface area contributed by atoms with Crippen molar-refractivity contribution in [3.05, 3.63) is 65.7 Å². The molecule has 0 atom stereocenters. The van der Waals surface area contributed by atoms with Gasteiger partial charge in [-0.3, -0.25) is 0 Å². The lowest BCUT2D eigenvalue weighted by Crippen LogP contribution is -2.16. The second-order valence-corrected chi connectivity index (χ2v) is 5.37. The van der Waals surface area contributed by atoms with Crippen molar-refractivity contribution in [1.82, 2.24) is 14.9 Å². The Morgan fingerprint density at radius 3 is 2.65 bits per heavy atom. The number of hydrogen-bond donors (Lipinski definition) is 1. The molecule has 23 heavy (non-hydrogen) atoms. The molecule has 0 saturated heterocycles. The number of fused-ring (bicyclic) bond motifs is 1. The first-order valence-electron chi connectivity index (χ1n) is 7.46. The summed E-state index contributed by atoms with van der Waals surface area (Å²) in [5.41, 5.74) is 1.73. The Balaban J connectivity index is 1.84. The van der Waals surface area contributed by atoms with Gasteiger partial charge in [-0.15, -0.1) is 0 Å². The number of nitrogens with one attached hydrogen (secondary N) is 1. The molecule has 0 amide bonds. The molecule has 0 unspecified atom stereocenters. The van der Waals surface area contributed by atoms with Crippen LogP contribution >= 0.6 is 0 Å². The number of benzene rings is 2. The molecule has 1 aromatic heterocycles. The maximum atomic E-state index is 11.9. The first kappa shape index (κ1) is 15.2. The fourth-order valence-corrected chi connectivity index (χ4v) is 2.68. The van der Waals surface area contributed by atoms with Gasteiger partial charge >= 0.3 is 5.97 Å². The predicted molar refractivity (Wildman–Crippen MR) is 89.0 cm³/mol. The van der Waals surface area contributed by atoms with E-state index in [2.05, 4.69) is 10.3 Å².